The molecule has 2 aromatic carbocycles. The van der Waals surface area contributed by atoms with Crippen LogP contribution in [0, 0.1) is 13.8 Å². The SMILES string of the molecule is Cc1cccc2sc(Nc3nc4cccc(C)c4o3)nc12. The van der Waals surface area contributed by atoms with E-state index in [0.717, 1.165) is 32.0 Å². The standard InChI is InChI=1S/C16H13N3OS/c1-9-5-4-8-12-13(9)18-16(21-12)19-15-17-11-7-3-6-10(2)14(11)20-15/h3-8H,1-2H3,(H,17,18,19). The summed E-state index contributed by atoms with van der Waals surface area (Å²) in [6, 6.07) is 12.6. The van der Waals surface area contributed by atoms with Gasteiger partial charge in [-0.25, -0.2) is 4.98 Å². The number of aromatic nitrogens is 2. The van der Waals surface area contributed by atoms with Crippen molar-refractivity contribution in [3.63, 3.8) is 0 Å². The number of anilines is 2. The average molecular weight is 295 g/mol. The third-order valence-electron chi connectivity index (χ3n) is 3.45. The van der Waals surface area contributed by atoms with Crippen LogP contribution in [0.1, 0.15) is 11.1 Å². The summed E-state index contributed by atoms with van der Waals surface area (Å²) in [4.78, 5) is 9.06. The Labute approximate surface area is 125 Å². The first-order chi connectivity index (χ1) is 10.2. The third-order valence-corrected chi connectivity index (χ3v) is 4.38. The molecule has 0 spiro atoms. The molecule has 2 heterocycles. The number of nitrogens with one attached hydrogen (secondary N) is 1. The molecule has 1 N–H and O–H groups in total. The summed E-state index contributed by atoms with van der Waals surface area (Å²) in [5.74, 6) is 0. The normalized spacial score (nSPS) is 11.3. The first-order valence-electron chi connectivity index (χ1n) is 6.70. The summed E-state index contributed by atoms with van der Waals surface area (Å²) >= 11 is 1.60. The lowest BCUT2D eigenvalue weighted by Crippen LogP contribution is -1.88. The largest absolute Gasteiger partial charge is 0.423 e. The van der Waals surface area contributed by atoms with Crippen LogP contribution in [0.25, 0.3) is 21.3 Å². The van der Waals surface area contributed by atoms with Crippen molar-refractivity contribution >= 4 is 43.8 Å². The number of para-hydroxylation sites is 2. The quantitative estimate of drug-likeness (QED) is 0.577. The van der Waals surface area contributed by atoms with Gasteiger partial charge in [-0.15, -0.1) is 0 Å². The zero-order chi connectivity index (χ0) is 14.4. The van der Waals surface area contributed by atoms with E-state index in [9.17, 15) is 0 Å². The Morgan fingerprint density at radius 2 is 1.81 bits per heavy atom. The molecule has 104 valence electrons. The van der Waals surface area contributed by atoms with Gasteiger partial charge in [0.2, 0.25) is 0 Å². The molecule has 0 saturated heterocycles. The van der Waals surface area contributed by atoms with Crippen molar-refractivity contribution in [3.05, 3.63) is 47.5 Å². The summed E-state index contributed by atoms with van der Waals surface area (Å²) in [5.41, 5.74) is 4.95. The van der Waals surface area contributed by atoms with Crippen LogP contribution in [0.15, 0.2) is 40.8 Å². The molecule has 0 aliphatic carbocycles. The van der Waals surface area contributed by atoms with Gasteiger partial charge >= 0.3 is 6.01 Å². The molecule has 21 heavy (non-hydrogen) atoms. The Kier molecular flexibility index (Phi) is 2.68. The maximum absolute atomic E-state index is 5.77. The van der Waals surface area contributed by atoms with Crippen molar-refractivity contribution in [1.29, 1.82) is 0 Å². The Balaban J connectivity index is 1.75. The summed E-state index contributed by atoms with van der Waals surface area (Å²) in [7, 11) is 0. The van der Waals surface area contributed by atoms with Crippen molar-refractivity contribution in [2.75, 3.05) is 5.32 Å². The fourth-order valence-electron chi connectivity index (χ4n) is 2.37. The highest BCUT2D eigenvalue weighted by atomic mass is 32.1. The van der Waals surface area contributed by atoms with Crippen molar-refractivity contribution < 1.29 is 4.42 Å². The van der Waals surface area contributed by atoms with Gasteiger partial charge in [0.1, 0.15) is 5.52 Å². The minimum atomic E-state index is 0.482. The van der Waals surface area contributed by atoms with Crippen LogP contribution < -0.4 is 5.32 Å². The molecule has 0 amide bonds. The lowest BCUT2D eigenvalue weighted by Gasteiger charge is -1.94. The van der Waals surface area contributed by atoms with E-state index in [4.69, 9.17) is 4.42 Å². The van der Waals surface area contributed by atoms with Crippen LogP contribution in [0.2, 0.25) is 0 Å². The average Bonchev–Trinajstić information content (AvgIpc) is 3.04. The molecule has 4 rings (SSSR count). The second-order valence-electron chi connectivity index (χ2n) is 5.01. The molecule has 4 nitrogen and oxygen atoms in total. The first-order valence-corrected chi connectivity index (χ1v) is 7.52. The molecule has 5 heteroatoms. The second kappa shape index (κ2) is 4.56. The van der Waals surface area contributed by atoms with E-state index in [-0.39, 0.29) is 0 Å². The van der Waals surface area contributed by atoms with Gasteiger partial charge in [-0.05, 0) is 37.1 Å². The zero-order valence-electron chi connectivity index (χ0n) is 11.7. The minimum absolute atomic E-state index is 0.482. The molecule has 0 aliphatic heterocycles. The van der Waals surface area contributed by atoms with E-state index in [1.807, 2.05) is 31.2 Å². The summed E-state index contributed by atoms with van der Waals surface area (Å²) in [6.45, 7) is 4.08. The molecule has 0 radical (unpaired) electrons. The smallest absolute Gasteiger partial charge is 0.302 e. The number of fused-ring (bicyclic) bond motifs is 2. The number of nitrogens with zero attached hydrogens (tertiary/aromatic N) is 2. The van der Waals surface area contributed by atoms with Gasteiger partial charge in [-0.3, -0.25) is 5.32 Å². The van der Waals surface area contributed by atoms with Crippen LogP contribution in [0.5, 0.6) is 0 Å². The molecule has 0 unspecified atom stereocenters. The molecular weight excluding hydrogens is 282 g/mol. The van der Waals surface area contributed by atoms with E-state index in [0.29, 0.717) is 6.01 Å². The zero-order valence-corrected chi connectivity index (χ0v) is 12.5. The monoisotopic (exact) mass is 295 g/mol. The topological polar surface area (TPSA) is 51.0 Å². The highest BCUT2D eigenvalue weighted by Gasteiger charge is 2.11. The van der Waals surface area contributed by atoms with Crippen LogP contribution >= 0.6 is 11.3 Å². The molecular formula is C16H13N3OS. The summed E-state index contributed by atoms with van der Waals surface area (Å²) < 4.78 is 6.93. The number of hydrogen-bond donors (Lipinski definition) is 1. The molecule has 0 fully saturated rings. The summed E-state index contributed by atoms with van der Waals surface area (Å²) in [5, 5.41) is 3.96. The summed E-state index contributed by atoms with van der Waals surface area (Å²) in [6.07, 6.45) is 0. The molecule has 0 atom stereocenters. The van der Waals surface area contributed by atoms with Crippen molar-refractivity contribution in [2.45, 2.75) is 13.8 Å². The Hall–Kier alpha value is -2.40. The van der Waals surface area contributed by atoms with Gasteiger partial charge in [0, 0.05) is 0 Å². The van der Waals surface area contributed by atoms with Gasteiger partial charge in [0.25, 0.3) is 0 Å². The van der Waals surface area contributed by atoms with E-state index in [1.54, 1.807) is 11.3 Å². The Morgan fingerprint density at radius 1 is 1.00 bits per heavy atom. The van der Waals surface area contributed by atoms with E-state index in [1.165, 1.54) is 5.56 Å². The molecule has 2 aromatic heterocycles. The van der Waals surface area contributed by atoms with E-state index in [2.05, 4.69) is 34.3 Å². The highest BCUT2D eigenvalue weighted by Crippen LogP contribution is 2.31. The minimum Gasteiger partial charge on any atom is -0.423 e. The predicted octanol–water partition coefficient (Wildman–Crippen LogP) is 4.80. The fraction of sp³-hybridized carbons (Fsp3) is 0.125. The van der Waals surface area contributed by atoms with Crippen molar-refractivity contribution in [1.82, 2.24) is 9.97 Å². The molecule has 0 bridgehead atoms. The third kappa shape index (κ3) is 2.06. The lowest BCUT2D eigenvalue weighted by molar-refractivity contribution is 0.620. The lowest BCUT2D eigenvalue weighted by atomic mass is 10.2. The van der Waals surface area contributed by atoms with E-state index < -0.39 is 0 Å². The van der Waals surface area contributed by atoms with Gasteiger partial charge in [-0.1, -0.05) is 35.6 Å². The van der Waals surface area contributed by atoms with Gasteiger partial charge in [0.05, 0.1) is 10.2 Å². The molecule has 4 aromatic rings. The number of aryl methyl sites for hydroxylation is 2. The first kappa shape index (κ1) is 12.3. The fourth-order valence-corrected chi connectivity index (χ4v) is 3.30. The Morgan fingerprint density at radius 3 is 2.62 bits per heavy atom. The van der Waals surface area contributed by atoms with Crippen LogP contribution in [0.4, 0.5) is 11.1 Å². The molecule has 0 saturated carbocycles. The number of benzene rings is 2. The predicted molar refractivity (Wildman–Crippen MR) is 86.4 cm³/mol. The highest BCUT2D eigenvalue weighted by molar-refractivity contribution is 7.22. The number of oxazole rings is 1. The number of rotatable bonds is 2. The molecule has 0 aliphatic rings. The Bertz CT molecular complexity index is 877. The van der Waals surface area contributed by atoms with Gasteiger partial charge in [-0.2, -0.15) is 4.98 Å². The van der Waals surface area contributed by atoms with Crippen molar-refractivity contribution in [3.8, 4) is 0 Å². The maximum Gasteiger partial charge on any atom is 0.302 e. The van der Waals surface area contributed by atoms with Gasteiger partial charge in [0.15, 0.2) is 10.7 Å². The van der Waals surface area contributed by atoms with E-state index >= 15 is 0 Å². The maximum atomic E-state index is 5.77. The van der Waals surface area contributed by atoms with Crippen LogP contribution in [-0.2, 0) is 0 Å². The van der Waals surface area contributed by atoms with Crippen molar-refractivity contribution in [2.24, 2.45) is 0 Å². The van der Waals surface area contributed by atoms with Gasteiger partial charge < -0.3 is 4.42 Å². The van der Waals surface area contributed by atoms with Crippen LogP contribution in [-0.4, -0.2) is 9.97 Å². The van der Waals surface area contributed by atoms with Crippen LogP contribution in [0.3, 0.4) is 0 Å². The number of thiazole rings is 1. The second-order valence-corrected chi connectivity index (χ2v) is 6.04. The number of hydrogen-bond acceptors (Lipinski definition) is 5.